The Morgan fingerprint density at radius 1 is 1.05 bits per heavy atom. The van der Waals surface area contributed by atoms with Crippen molar-refractivity contribution in [1.82, 2.24) is 14.7 Å². The molecule has 9 heteroatoms. The van der Waals surface area contributed by atoms with Crippen LogP contribution in [0.15, 0.2) is 71.4 Å². The van der Waals surface area contributed by atoms with Gasteiger partial charge in [0.2, 0.25) is 0 Å². The predicted molar refractivity (Wildman–Crippen MR) is 142 cm³/mol. The summed E-state index contributed by atoms with van der Waals surface area (Å²) in [7, 11) is 0. The lowest BCUT2D eigenvalue weighted by molar-refractivity contribution is -0.142. The Kier molecular flexibility index (Phi) is 6.47. The molecule has 0 N–H and O–H groups in total. The largest absolute Gasteiger partial charge is 0.486 e. The van der Waals surface area contributed by atoms with E-state index in [0.717, 1.165) is 29.0 Å². The maximum absolute atomic E-state index is 13.7. The fraction of sp³-hybridized carbons (Fsp3) is 0.267. The standard InChI is InChI=1S/C30H26N4O5/c1-19-24(29(35)33(30(36)25(19)16-31)18-23-8-5-11-37-23)14-21-17-34(22-6-3-2-4-7-22)32-28(21)20-9-10-26-27(15-20)39-13-12-38-26/h2-4,6-7,9-10,14-15,17,23H,5,8,11-13,18H2,1H3/b24-14+. The maximum Gasteiger partial charge on any atom is 0.271 e. The molecule has 6 rings (SSSR count). The summed E-state index contributed by atoms with van der Waals surface area (Å²) >= 11 is 0. The van der Waals surface area contributed by atoms with Crippen LogP contribution in [0.5, 0.6) is 11.5 Å². The van der Waals surface area contributed by atoms with Gasteiger partial charge in [-0.1, -0.05) is 18.2 Å². The normalized spacial score (nSPS) is 20.1. The molecule has 0 saturated carbocycles. The number of fused-ring (bicyclic) bond motifs is 1. The Labute approximate surface area is 225 Å². The van der Waals surface area contributed by atoms with Gasteiger partial charge in [-0.25, -0.2) is 4.68 Å². The highest BCUT2D eigenvalue weighted by Crippen LogP contribution is 2.37. The van der Waals surface area contributed by atoms with Crippen LogP contribution in [0.2, 0.25) is 0 Å². The zero-order valence-electron chi connectivity index (χ0n) is 21.4. The first-order valence-corrected chi connectivity index (χ1v) is 12.9. The lowest BCUT2D eigenvalue weighted by Crippen LogP contribution is -2.46. The number of ether oxygens (including phenoxy) is 3. The van der Waals surface area contributed by atoms with Crippen LogP contribution >= 0.6 is 0 Å². The fourth-order valence-corrected chi connectivity index (χ4v) is 5.06. The van der Waals surface area contributed by atoms with Gasteiger partial charge in [-0.3, -0.25) is 14.5 Å². The molecule has 0 aliphatic carbocycles. The van der Waals surface area contributed by atoms with Crippen molar-refractivity contribution in [3.8, 4) is 34.5 Å². The van der Waals surface area contributed by atoms with Gasteiger partial charge in [0, 0.05) is 29.5 Å². The zero-order valence-corrected chi connectivity index (χ0v) is 21.4. The van der Waals surface area contributed by atoms with Crippen molar-refractivity contribution in [2.24, 2.45) is 0 Å². The molecule has 3 aromatic rings. The monoisotopic (exact) mass is 522 g/mol. The van der Waals surface area contributed by atoms with Crippen molar-refractivity contribution in [1.29, 1.82) is 5.26 Å². The second-order valence-electron chi connectivity index (χ2n) is 9.60. The number of aromatic nitrogens is 2. The molecule has 4 heterocycles. The third kappa shape index (κ3) is 4.60. The van der Waals surface area contributed by atoms with Gasteiger partial charge in [0.25, 0.3) is 11.8 Å². The number of imide groups is 1. The second kappa shape index (κ2) is 10.2. The van der Waals surface area contributed by atoms with Gasteiger partial charge in [0.05, 0.1) is 18.3 Å². The smallest absolute Gasteiger partial charge is 0.271 e. The number of benzene rings is 2. The molecule has 2 amide bonds. The molecule has 2 aromatic carbocycles. The third-order valence-corrected chi connectivity index (χ3v) is 7.11. The lowest BCUT2D eigenvalue weighted by atomic mass is 9.93. The van der Waals surface area contributed by atoms with E-state index in [-0.39, 0.29) is 23.8 Å². The van der Waals surface area contributed by atoms with Crippen molar-refractivity contribution in [3.63, 3.8) is 0 Å². The van der Waals surface area contributed by atoms with Crippen molar-refractivity contribution < 1.29 is 23.8 Å². The molecule has 3 aliphatic rings. The first kappa shape index (κ1) is 24.6. The molecule has 9 nitrogen and oxygen atoms in total. The highest BCUT2D eigenvalue weighted by atomic mass is 16.6. The minimum Gasteiger partial charge on any atom is -0.486 e. The summed E-state index contributed by atoms with van der Waals surface area (Å²) in [5, 5.41) is 14.7. The van der Waals surface area contributed by atoms with Crippen LogP contribution < -0.4 is 9.47 Å². The van der Waals surface area contributed by atoms with Crippen molar-refractivity contribution in [2.45, 2.75) is 25.9 Å². The average Bonchev–Trinajstić information content (AvgIpc) is 3.64. The Bertz CT molecular complexity index is 1560. The second-order valence-corrected chi connectivity index (χ2v) is 9.60. The van der Waals surface area contributed by atoms with Crippen LogP contribution in [0.3, 0.4) is 0 Å². The Morgan fingerprint density at radius 2 is 1.85 bits per heavy atom. The molecule has 1 fully saturated rings. The first-order chi connectivity index (χ1) is 19.0. The zero-order chi connectivity index (χ0) is 26.9. The van der Waals surface area contributed by atoms with Gasteiger partial charge in [-0.2, -0.15) is 10.4 Å². The number of carbonyl (C=O) groups is 2. The topological polar surface area (TPSA) is 107 Å². The number of carbonyl (C=O) groups excluding carboxylic acids is 2. The molecule has 0 bridgehead atoms. The number of nitriles is 1. The Morgan fingerprint density at radius 3 is 2.59 bits per heavy atom. The highest BCUT2D eigenvalue weighted by molar-refractivity contribution is 6.19. The van der Waals surface area contributed by atoms with Crippen LogP contribution in [0, 0.1) is 11.3 Å². The number of hydrogen-bond acceptors (Lipinski definition) is 7. The molecule has 0 radical (unpaired) electrons. The third-order valence-electron chi connectivity index (χ3n) is 7.11. The van der Waals surface area contributed by atoms with E-state index < -0.39 is 11.8 Å². The van der Waals surface area contributed by atoms with E-state index in [1.54, 1.807) is 17.7 Å². The van der Waals surface area contributed by atoms with Crippen LogP contribution in [0.4, 0.5) is 0 Å². The lowest BCUT2D eigenvalue weighted by Gasteiger charge is -2.29. The van der Waals surface area contributed by atoms with E-state index >= 15 is 0 Å². The highest BCUT2D eigenvalue weighted by Gasteiger charge is 2.37. The fourth-order valence-electron chi connectivity index (χ4n) is 5.06. The van der Waals surface area contributed by atoms with E-state index in [1.165, 1.54) is 0 Å². The molecular weight excluding hydrogens is 496 g/mol. The van der Waals surface area contributed by atoms with E-state index in [0.29, 0.717) is 48.2 Å². The molecule has 1 unspecified atom stereocenters. The number of rotatable bonds is 5. The van der Waals surface area contributed by atoms with E-state index in [2.05, 4.69) is 0 Å². The first-order valence-electron chi connectivity index (χ1n) is 12.9. The minimum atomic E-state index is -0.584. The van der Waals surface area contributed by atoms with Crippen LogP contribution in [-0.2, 0) is 14.3 Å². The van der Waals surface area contributed by atoms with Crippen molar-refractivity contribution >= 4 is 17.9 Å². The summed E-state index contributed by atoms with van der Waals surface area (Å²) in [4.78, 5) is 27.9. The number of nitrogens with zero attached hydrogens (tertiary/aromatic N) is 4. The summed E-state index contributed by atoms with van der Waals surface area (Å²) in [5.74, 6) is 0.249. The quantitative estimate of drug-likeness (QED) is 0.367. The van der Waals surface area contributed by atoms with Crippen molar-refractivity contribution in [3.05, 3.63) is 77.0 Å². The van der Waals surface area contributed by atoms with Gasteiger partial charge in [0.15, 0.2) is 11.5 Å². The van der Waals surface area contributed by atoms with E-state index in [1.807, 2.05) is 60.8 Å². The Balaban J connectivity index is 1.47. The molecule has 0 spiro atoms. The summed E-state index contributed by atoms with van der Waals surface area (Å²) in [5.41, 5.74) is 3.46. The predicted octanol–water partition coefficient (Wildman–Crippen LogP) is 4.08. The maximum atomic E-state index is 13.7. The van der Waals surface area contributed by atoms with Gasteiger partial charge < -0.3 is 14.2 Å². The molecule has 39 heavy (non-hydrogen) atoms. The van der Waals surface area contributed by atoms with Gasteiger partial charge in [0.1, 0.15) is 30.6 Å². The SMILES string of the molecule is CC1=C(C#N)C(=O)N(CC2CCCO2)C(=O)/C1=C/c1cn(-c2ccccc2)nc1-c1ccc2c(c1)OCCO2. The number of para-hydroxylation sites is 1. The summed E-state index contributed by atoms with van der Waals surface area (Å²) in [6.07, 6.45) is 4.95. The Hall–Kier alpha value is -4.68. The molecular formula is C30H26N4O5. The van der Waals surface area contributed by atoms with E-state index in [4.69, 9.17) is 19.3 Å². The van der Waals surface area contributed by atoms with Gasteiger partial charge in [-0.05, 0) is 61.7 Å². The molecule has 1 atom stereocenters. The molecule has 1 aromatic heterocycles. The summed E-state index contributed by atoms with van der Waals surface area (Å²) < 4.78 is 18.9. The molecule has 3 aliphatic heterocycles. The van der Waals surface area contributed by atoms with Crippen LogP contribution in [-0.4, -0.2) is 59.0 Å². The van der Waals surface area contributed by atoms with Crippen LogP contribution in [0.1, 0.15) is 25.3 Å². The van der Waals surface area contributed by atoms with Crippen molar-refractivity contribution in [2.75, 3.05) is 26.4 Å². The average molecular weight is 523 g/mol. The summed E-state index contributed by atoms with van der Waals surface area (Å²) in [6.45, 7) is 3.29. The summed E-state index contributed by atoms with van der Waals surface area (Å²) in [6, 6.07) is 17.3. The van der Waals surface area contributed by atoms with E-state index in [9.17, 15) is 14.9 Å². The molecule has 1 saturated heterocycles. The minimum absolute atomic E-state index is 0.0461. The van der Waals surface area contributed by atoms with Gasteiger partial charge >= 0.3 is 0 Å². The number of amides is 2. The van der Waals surface area contributed by atoms with Crippen LogP contribution in [0.25, 0.3) is 23.0 Å². The van der Waals surface area contributed by atoms with Gasteiger partial charge in [-0.15, -0.1) is 0 Å². The number of hydrogen-bond donors (Lipinski definition) is 0. The molecule has 196 valence electrons.